The Bertz CT molecular complexity index is 1500. The highest BCUT2D eigenvalue weighted by atomic mass is 35.5. The number of nitrogens with one attached hydrogen (secondary N) is 1. The molecule has 5 rings (SSSR count). The van der Waals surface area contributed by atoms with Gasteiger partial charge in [-0.05, 0) is 49.7 Å². The molecule has 0 spiro atoms. The van der Waals surface area contributed by atoms with Gasteiger partial charge in [-0.25, -0.2) is 14.6 Å². The van der Waals surface area contributed by atoms with Crippen LogP contribution in [0.3, 0.4) is 0 Å². The van der Waals surface area contributed by atoms with Crippen molar-refractivity contribution < 1.29 is 24.2 Å². The summed E-state index contributed by atoms with van der Waals surface area (Å²) in [6.07, 6.45) is 0.106. The minimum absolute atomic E-state index is 0. The van der Waals surface area contributed by atoms with Gasteiger partial charge >= 0.3 is 12.1 Å². The number of likely N-dealkylation sites (N-methyl/N-ethyl adjacent to an activating group) is 2. The number of nitrogens with zero attached hydrogens (tertiary/aromatic N) is 3. The maximum absolute atomic E-state index is 13.7. The van der Waals surface area contributed by atoms with E-state index in [1.807, 2.05) is 6.92 Å². The van der Waals surface area contributed by atoms with E-state index in [0.717, 1.165) is 16.5 Å². The highest BCUT2D eigenvalue weighted by molar-refractivity contribution is 5.90. The molecule has 1 aromatic carbocycles. The number of ether oxygens (including phenoxy) is 2. The van der Waals surface area contributed by atoms with Crippen LogP contribution in [0.5, 0.6) is 5.75 Å². The summed E-state index contributed by atoms with van der Waals surface area (Å²) in [5, 5.41) is 13.9. The number of halogens is 1. The van der Waals surface area contributed by atoms with Crippen molar-refractivity contribution in [2.45, 2.75) is 45.4 Å². The Hall–Kier alpha value is -3.63. The molecule has 11 heteroatoms. The van der Waals surface area contributed by atoms with E-state index in [0.29, 0.717) is 54.1 Å². The number of amides is 1. The number of phenols is 1. The number of aromatic hydroxyl groups is 1. The predicted octanol–water partition coefficient (Wildman–Crippen LogP) is 3.06. The van der Waals surface area contributed by atoms with E-state index in [4.69, 9.17) is 14.5 Å². The van der Waals surface area contributed by atoms with E-state index in [1.165, 1.54) is 4.90 Å². The van der Waals surface area contributed by atoms with E-state index >= 15 is 0 Å². The van der Waals surface area contributed by atoms with Crippen LogP contribution < -0.4 is 10.9 Å². The van der Waals surface area contributed by atoms with Crippen LogP contribution in [0, 0.1) is 0 Å². The second-order valence-corrected chi connectivity index (χ2v) is 9.44. The molecule has 4 heterocycles. The molecule has 2 aliphatic heterocycles. The Morgan fingerprint density at radius 2 is 2.03 bits per heavy atom. The SMILES string of the molecule is CCc1c2c(nc3ccc(O)cc13)-c1cc3c(c(=O)n1C2)COC(=O)[C@@]3(CC)OC(=O)N(C)CCNC.Cl. The lowest BCUT2D eigenvalue weighted by Gasteiger charge is -2.36. The summed E-state index contributed by atoms with van der Waals surface area (Å²) in [5.41, 5.74) is 2.41. The number of rotatable bonds is 6. The van der Waals surface area contributed by atoms with Gasteiger partial charge in [-0.2, -0.15) is 0 Å². The van der Waals surface area contributed by atoms with E-state index < -0.39 is 17.7 Å². The molecular formula is C27H31ClN4O6. The summed E-state index contributed by atoms with van der Waals surface area (Å²) in [4.78, 5) is 46.1. The van der Waals surface area contributed by atoms with Gasteiger partial charge in [0.15, 0.2) is 0 Å². The number of cyclic esters (lactones) is 1. The van der Waals surface area contributed by atoms with Crippen molar-refractivity contribution in [3.63, 3.8) is 0 Å². The zero-order valence-corrected chi connectivity index (χ0v) is 22.6. The van der Waals surface area contributed by atoms with Gasteiger partial charge in [-0.3, -0.25) is 4.79 Å². The lowest BCUT2D eigenvalue weighted by atomic mass is 9.85. The van der Waals surface area contributed by atoms with Gasteiger partial charge in [-0.15, -0.1) is 12.4 Å². The highest BCUT2D eigenvalue weighted by Gasteiger charge is 2.51. The van der Waals surface area contributed by atoms with Crippen molar-refractivity contribution in [1.29, 1.82) is 0 Å². The second-order valence-electron chi connectivity index (χ2n) is 9.44. The van der Waals surface area contributed by atoms with Crippen molar-refractivity contribution in [2.75, 3.05) is 27.2 Å². The number of aryl methyl sites for hydroxylation is 1. The molecule has 2 aromatic heterocycles. The minimum atomic E-state index is -1.74. The van der Waals surface area contributed by atoms with E-state index in [2.05, 4.69) is 5.32 Å². The van der Waals surface area contributed by atoms with Crippen molar-refractivity contribution >= 4 is 35.4 Å². The van der Waals surface area contributed by atoms with Crippen LogP contribution in [0.25, 0.3) is 22.3 Å². The fraction of sp³-hybridized carbons (Fsp3) is 0.407. The predicted molar refractivity (Wildman–Crippen MR) is 144 cm³/mol. The molecule has 1 amide bonds. The number of carbonyl (C=O) groups is 2. The number of fused-ring (bicyclic) bond motifs is 5. The molecule has 0 saturated heterocycles. The Kier molecular flexibility index (Phi) is 7.40. The fourth-order valence-electron chi connectivity index (χ4n) is 5.31. The fourth-order valence-corrected chi connectivity index (χ4v) is 5.31. The minimum Gasteiger partial charge on any atom is -0.508 e. The van der Waals surface area contributed by atoms with Crippen LogP contribution in [0.2, 0.25) is 0 Å². The summed E-state index contributed by atoms with van der Waals surface area (Å²) in [7, 11) is 3.36. The van der Waals surface area contributed by atoms with Gasteiger partial charge in [0.2, 0.25) is 5.60 Å². The van der Waals surface area contributed by atoms with Crippen LogP contribution in [-0.2, 0) is 39.4 Å². The second kappa shape index (κ2) is 10.3. The average molecular weight is 543 g/mol. The van der Waals surface area contributed by atoms with Crippen LogP contribution in [0.4, 0.5) is 4.79 Å². The van der Waals surface area contributed by atoms with E-state index in [-0.39, 0.29) is 36.7 Å². The number of benzene rings is 1. The largest absolute Gasteiger partial charge is 0.508 e. The third-order valence-corrected chi connectivity index (χ3v) is 7.38. The van der Waals surface area contributed by atoms with Crippen LogP contribution in [0.1, 0.15) is 42.5 Å². The van der Waals surface area contributed by atoms with Crippen LogP contribution in [-0.4, -0.2) is 58.8 Å². The first-order valence-corrected chi connectivity index (χ1v) is 12.4. The number of aromatic nitrogens is 2. The van der Waals surface area contributed by atoms with Gasteiger partial charge in [0.25, 0.3) is 5.56 Å². The Morgan fingerprint density at radius 1 is 1.26 bits per heavy atom. The topological polar surface area (TPSA) is 123 Å². The molecule has 202 valence electrons. The molecule has 0 unspecified atom stereocenters. The number of carbonyl (C=O) groups excluding carboxylic acids is 2. The molecule has 0 radical (unpaired) electrons. The first-order valence-electron chi connectivity index (χ1n) is 12.4. The van der Waals surface area contributed by atoms with Crippen LogP contribution in [0.15, 0.2) is 29.1 Å². The standard InChI is InChI=1S/C27H30N4O6.ClH/c1-5-16-17-11-15(32)7-8-21(17)29-23-18(16)13-31-22(23)12-20-19(24(31)33)14-36-25(34)27(20,6-2)37-26(35)30(4)10-9-28-3;/h7-8,11-12,28,32H,5-6,9-10,13-14H2,1-4H3;1H/t27-;/m0./s1. The third-order valence-electron chi connectivity index (χ3n) is 7.38. The third kappa shape index (κ3) is 4.08. The zero-order valence-electron chi connectivity index (χ0n) is 21.8. The quantitative estimate of drug-likeness (QED) is 0.356. The Balaban J connectivity index is 0.00000336. The molecule has 2 N–H and O–H groups in total. The molecule has 2 aliphatic rings. The first-order chi connectivity index (χ1) is 17.7. The van der Waals surface area contributed by atoms with Crippen molar-refractivity contribution in [3.05, 3.63) is 56.9 Å². The van der Waals surface area contributed by atoms with Gasteiger partial charge in [0.1, 0.15) is 12.4 Å². The van der Waals surface area contributed by atoms with Crippen molar-refractivity contribution in [2.24, 2.45) is 0 Å². The van der Waals surface area contributed by atoms with Crippen molar-refractivity contribution in [3.8, 4) is 17.1 Å². The lowest BCUT2D eigenvalue weighted by Crippen LogP contribution is -2.49. The summed E-state index contributed by atoms with van der Waals surface area (Å²) in [6.45, 7) is 4.80. The molecule has 0 fully saturated rings. The van der Waals surface area contributed by atoms with Gasteiger partial charge < -0.3 is 29.4 Å². The molecule has 0 bridgehead atoms. The number of pyridine rings is 2. The van der Waals surface area contributed by atoms with Gasteiger partial charge in [-0.1, -0.05) is 13.8 Å². The first kappa shape index (κ1) is 27.4. The molecule has 3 aromatic rings. The summed E-state index contributed by atoms with van der Waals surface area (Å²) in [6, 6.07) is 6.78. The highest BCUT2D eigenvalue weighted by Crippen LogP contribution is 2.42. The number of hydrogen-bond donors (Lipinski definition) is 2. The van der Waals surface area contributed by atoms with E-state index in [1.54, 1.807) is 49.9 Å². The van der Waals surface area contributed by atoms with Gasteiger partial charge in [0.05, 0.1) is 29.0 Å². The monoisotopic (exact) mass is 542 g/mol. The maximum Gasteiger partial charge on any atom is 0.411 e. The van der Waals surface area contributed by atoms with E-state index in [9.17, 15) is 19.5 Å². The summed E-state index contributed by atoms with van der Waals surface area (Å²) in [5.74, 6) is -0.548. The number of hydrogen-bond acceptors (Lipinski definition) is 8. The zero-order chi connectivity index (χ0) is 26.5. The molecular weight excluding hydrogens is 512 g/mol. The summed E-state index contributed by atoms with van der Waals surface area (Å²) >= 11 is 0. The molecule has 38 heavy (non-hydrogen) atoms. The lowest BCUT2D eigenvalue weighted by molar-refractivity contribution is -0.173. The molecule has 1 atom stereocenters. The van der Waals surface area contributed by atoms with Crippen molar-refractivity contribution in [1.82, 2.24) is 19.8 Å². The van der Waals surface area contributed by atoms with Gasteiger partial charge in [0, 0.05) is 36.7 Å². The number of phenolic OH excluding ortho intramolecular Hbond substituents is 1. The maximum atomic E-state index is 13.7. The van der Waals surface area contributed by atoms with Crippen LogP contribution >= 0.6 is 12.4 Å². The average Bonchev–Trinajstić information content (AvgIpc) is 3.26. The molecule has 0 saturated carbocycles. The normalized spacial score (nSPS) is 17.2. The smallest absolute Gasteiger partial charge is 0.411 e. The summed E-state index contributed by atoms with van der Waals surface area (Å²) < 4.78 is 12.9. The Morgan fingerprint density at radius 3 is 2.71 bits per heavy atom. The molecule has 10 nitrogen and oxygen atoms in total. The molecule has 0 aliphatic carbocycles. The number of esters is 1. The Labute approximate surface area is 226 Å².